The molecule has 0 spiro atoms. The molecule has 9 heteroatoms. The van der Waals surface area contributed by atoms with E-state index in [9.17, 15) is 17.6 Å². The third kappa shape index (κ3) is 5.24. The second-order valence-electron chi connectivity index (χ2n) is 7.22. The van der Waals surface area contributed by atoms with Gasteiger partial charge < -0.3 is 14.8 Å². The molecule has 1 aliphatic rings. The molecule has 0 saturated heterocycles. The predicted octanol–water partition coefficient (Wildman–Crippen LogP) is 2.76. The molecular weight excluding hydrogens is 435 g/mol. The van der Waals surface area contributed by atoms with Gasteiger partial charge in [-0.1, -0.05) is 36.4 Å². The van der Waals surface area contributed by atoms with E-state index < -0.39 is 27.8 Å². The normalized spacial score (nSPS) is 13.5. The monoisotopic (exact) mass is 456 g/mol. The number of benzene rings is 3. The van der Waals surface area contributed by atoms with E-state index in [2.05, 4.69) is 10.0 Å². The number of ether oxygens (including phenoxy) is 2. The van der Waals surface area contributed by atoms with E-state index in [4.69, 9.17) is 9.47 Å². The first-order valence-corrected chi connectivity index (χ1v) is 11.4. The fourth-order valence-corrected chi connectivity index (χ4v) is 4.47. The Morgan fingerprint density at radius 2 is 1.66 bits per heavy atom. The summed E-state index contributed by atoms with van der Waals surface area (Å²) in [7, 11) is -4.05. The molecule has 4 rings (SSSR count). The largest absolute Gasteiger partial charge is 0.454 e. The van der Waals surface area contributed by atoms with E-state index in [0.29, 0.717) is 11.5 Å². The Morgan fingerprint density at radius 1 is 0.938 bits per heavy atom. The van der Waals surface area contributed by atoms with Crippen LogP contribution in [0.25, 0.3) is 0 Å². The third-order valence-electron chi connectivity index (χ3n) is 4.92. The quantitative estimate of drug-likeness (QED) is 0.544. The summed E-state index contributed by atoms with van der Waals surface area (Å²) in [5, 5.41) is 2.77. The number of nitrogens with one attached hydrogen (secondary N) is 2. The van der Waals surface area contributed by atoms with E-state index in [1.54, 1.807) is 18.2 Å². The molecule has 1 atom stereocenters. The number of amides is 1. The summed E-state index contributed by atoms with van der Waals surface area (Å²) >= 11 is 0. The summed E-state index contributed by atoms with van der Waals surface area (Å²) in [5.41, 5.74) is 1.57. The number of fused-ring (bicyclic) bond motifs is 1. The van der Waals surface area contributed by atoms with Crippen molar-refractivity contribution >= 4 is 15.9 Å². The van der Waals surface area contributed by atoms with E-state index in [1.807, 2.05) is 30.3 Å². The Bertz CT molecular complexity index is 1200. The van der Waals surface area contributed by atoms with Crippen LogP contribution in [-0.4, -0.2) is 27.2 Å². The molecule has 0 bridgehead atoms. The van der Waals surface area contributed by atoms with Crippen LogP contribution in [0.15, 0.2) is 77.7 Å². The van der Waals surface area contributed by atoms with E-state index >= 15 is 0 Å². The van der Waals surface area contributed by atoms with Gasteiger partial charge in [-0.25, -0.2) is 12.8 Å². The van der Waals surface area contributed by atoms with Gasteiger partial charge in [0, 0.05) is 6.54 Å². The number of sulfonamides is 1. The van der Waals surface area contributed by atoms with Crippen molar-refractivity contribution in [3.05, 3.63) is 89.7 Å². The Labute approximate surface area is 185 Å². The molecule has 1 heterocycles. The zero-order valence-corrected chi connectivity index (χ0v) is 17.8. The minimum Gasteiger partial charge on any atom is -0.454 e. The van der Waals surface area contributed by atoms with Crippen molar-refractivity contribution < 1.29 is 27.1 Å². The number of hydrogen-bond donors (Lipinski definition) is 2. The molecule has 32 heavy (non-hydrogen) atoms. The minimum absolute atomic E-state index is 0.125. The van der Waals surface area contributed by atoms with Gasteiger partial charge in [-0.2, -0.15) is 4.72 Å². The highest BCUT2D eigenvalue weighted by Gasteiger charge is 2.26. The van der Waals surface area contributed by atoms with Gasteiger partial charge >= 0.3 is 0 Å². The second-order valence-corrected chi connectivity index (χ2v) is 8.94. The summed E-state index contributed by atoms with van der Waals surface area (Å²) < 4.78 is 51.9. The van der Waals surface area contributed by atoms with Gasteiger partial charge in [0.2, 0.25) is 22.7 Å². The van der Waals surface area contributed by atoms with Gasteiger partial charge in [0.25, 0.3) is 0 Å². The summed E-state index contributed by atoms with van der Waals surface area (Å²) in [5.74, 6) is 0.187. The fourth-order valence-electron chi connectivity index (χ4n) is 3.27. The molecule has 0 fully saturated rings. The van der Waals surface area contributed by atoms with Crippen LogP contribution in [0.4, 0.5) is 4.39 Å². The van der Waals surface area contributed by atoms with Crippen molar-refractivity contribution in [1.29, 1.82) is 0 Å². The number of carbonyl (C=O) groups excluding carboxylic acids is 1. The summed E-state index contributed by atoms with van der Waals surface area (Å²) in [6, 6.07) is 17.7. The van der Waals surface area contributed by atoms with E-state index in [1.165, 1.54) is 0 Å². The zero-order valence-electron chi connectivity index (χ0n) is 17.0. The molecule has 166 valence electrons. The predicted molar refractivity (Wildman–Crippen MR) is 115 cm³/mol. The molecule has 3 aromatic rings. The van der Waals surface area contributed by atoms with Gasteiger partial charge in [-0.3, -0.25) is 4.79 Å². The molecule has 0 unspecified atom stereocenters. The van der Waals surface area contributed by atoms with Gasteiger partial charge in [0.15, 0.2) is 11.5 Å². The van der Waals surface area contributed by atoms with Crippen LogP contribution in [0.1, 0.15) is 11.1 Å². The standard InChI is InChI=1S/C23H21FN2O5S/c24-18-7-9-19(10-8-18)32(28,29)26-20(12-16-4-2-1-3-5-16)23(27)25-14-17-6-11-21-22(13-17)31-15-30-21/h1-11,13,20,26H,12,14-15H2,(H,25,27)/t20-/m0/s1. The van der Waals surface area contributed by atoms with Crippen LogP contribution in [0.3, 0.4) is 0 Å². The van der Waals surface area contributed by atoms with Crippen LogP contribution in [0.5, 0.6) is 11.5 Å². The first-order chi connectivity index (χ1) is 15.4. The number of hydrogen-bond acceptors (Lipinski definition) is 5. The first-order valence-electron chi connectivity index (χ1n) is 9.89. The van der Waals surface area contributed by atoms with Crippen molar-refractivity contribution in [1.82, 2.24) is 10.0 Å². The minimum atomic E-state index is -4.05. The molecule has 1 amide bonds. The van der Waals surface area contributed by atoms with Gasteiger partial charge in [0.05, 0.1) is 4.90 Å². The van der Waals surface area contributed by atoms with Gasteiger partial charge in [0.1, 0.15) is 11.9 Å². The maximum absolute atomic E-state index is 13.2. The van der Waals surface area contributed by atoms with Crippen molar-refractivity contribution in [2.24, 2.45) is 0 Å². The molecule has 0 aliphatic carbocycles. The van der Waals surface area contributed by atoms with Crippen LogP contribution in [0, 0.1) is 5.82 Å². The van der Waals surface area contributed by atoms with Crippen molar-refractivity contribution in [3.63, 3.8) is 0 Å². The molecule has 0 radical (unpaired) electrons. The second kappa shape index (κ2) is 9.37. The highest BCUT2D eigenvalue weighted by Crippen LogP contribution is 2.32. The summed E-state index contributed by atoms with van der Waals surface area (Å²) in [6.07, 6.45) is 0.147. The molecular formula is C23H21FN2O5S. The van der Waals surface area contributed by atoms with E-state index in [-0.39, 0.29) is 24.7 Å². The first kappa shape index (κ1) is 21.8. The lowest BCUT2D eigenvalue weighted by Gasteiger charge is -2.19. The number of carbonyl (C=O) groups is 1. The summed E-state index contributed by atoms with van der Waals surface area (Å²) in [6.45, 7) is 0.328. The molecule has 3 aromatic carbocycles. The van der Waals surface area contributed by atoms with Gasteiger partial charge in [-0.05, 0) is 53.9 Å². The van der Waals surface area contributed by atoms with E-state index in [0.717, 1.165) is 35.4 Å². The lowest BCUT2D eigenvalue weighted by Crippen LogP contribution is -2.47. The smallest absolute Gasteiger partial charge is 0.241 e. The van der Waals surface area contributed by atoms with Gasteiger partial charge in [-0.15, -0.1) is 0 Å². The Morgan fingerprint density at radius 3 is 2.41 bits per heavy atom. The zero-order chi connectivity index (χ0) is 22.6. The van der Waals surface area contributed by atoms with Crippen LogP contribution >= 0.6 is 0 Å². The average molecular weight is 456 g/mol. The third-order valence-corrected chi connectivity index (χ3v) is 6.41. The molecule has 1 aliphatic heterocycles. The number of rotatable bonds is 8. The maximum Gasteiger partial charge on any atom is 0.241 e. The molecule has 7 nitrogen and oxygen atoms in total. The fraction of sp³-hybridized carbons (Fsp3) is 0.174. The highest BCUT2D eigenvalue weighted by atomic mass is 32.2. The SMILES string of the molecule is O=C(NCc1ccc2c(c1)OCO2)[C@H](Cc1ccccc1)NS(=O)(=O)c1ccc(F)cc1. The Hall–Kier alpha value is -3.43. The average Bonchev–Trinajstić information content (AvgIpc) is 3.26. The van der Waals surface area contributed by atoms with Crippen molar-refractivity contribution in [3.8, 4) is 11.5 Å². The molecule has 0 aromatic heterocycles. The summed E-state index contributed by atoms with van der Waals surface area (Å²) in [4.78, 5) is 12.8. The number of halogens is 1. The topological polar surface area (TPSA) is 93.7 Å². The maximum atomic E-state index is 13.2. The lowest BCUT2D eigenvalue weighted by molar-refractivity contribution is -0.122. The van der Waals surface area contributed by atoms with Crippen LogP contribution in [-0.2, 0) is 27.8 Å². The van der Waals surface area contributed by atoms with Crippen molar-refractivity contribution in [2.75, 3.05) is 6.79 Å². The Balaban J connectivity index is 1.50. The molecule has 2 N–H and O–H groups in total. The van der Waals surface area contributed by atoms with Crippen LogP contribution in [0.2, 0.25) is 0 Å². The van der Waals surface area contributed by atoms with Crippen LogP contribution < -0.4 is 19.5 Å². The van der Waals surface area contributed by atoms with Crippen molar-refractivity contribution in [2.45, 2.75) is 23.9 Å². The Kier molecular flexibility index (Phi) is 6.38. The molecule has 0 saturated carbocycles. The lowest BCUT2D eigenvalue weighted by atomic mass is 10.1. The highest BCUT2D eigenvalue weighted by molar-refractivity contribution is 7.89.